The number of hydrogen-bond donors (Lipinski definition) is 1. The number of fused-ring (bicyclic) bond motifs is 1. The average Bonchev–Trinajstić information content (AvgIpc) is 3.58. The standard InChI is InChI=1S/C25H17F5IN3O4S3/c26-24(27,28)16-5-2-7-18(13-16)40(35,36)34(41(37,38)19-8-3-6-17(14-19)25(29,30)31)21-9-1-4-15-12-20(33-22(15)21)23-32-10-11-39-23/h1-9,12-14,33H,10-11H2. The summed E-state index contributed by atoms with van der Waals surface area (Å²) in [6, 6.07) is 11.9. The van der Waals surface area contributed by atoms with Gasteiger partial charge in [-0.2, -0.15) is 25.7 Å². The van der Waals surface area contributed by atoms with Crippen molar-refractivity contribution in [3.05, 3.63) is 89.6 Å². The van der Waals surface area contributed by atoms with Crippen molar-refractivity contribution in [1.82, 2.24) is 4.98 Å². The average molecular weight is 742 g/mol. The predicted molar refractivity (Wildman–Crippen MR) is 155 cm³/mol. The highest BCUT2D eigenvalue weighted by Gasteiger charge is 2.41. The number of aromatic nitrogens is 1. The summed E-state index contributed by atoms with van der Waals surface area (Å²) in [5, 5.41) is 0.999. The number of hydrogen-bond acceptors (Lipinski definition) is 6. The zero-order valence-electron chi connectivity index (χ0n) is 20.4. The number of benzene rings is 3. The number of aromatic amines is 1. The Morgan fingerprint density at radius 2 is 1.41 bits per heavy atom. The number of thioether (sulfide) groups is 1. The normalized spacial score (nSPS) is 14.8. The van der Waals surface area contributed by atoms with Crippen molar-refractivity contribution < 1.29 is 38.8 Å². The molecular weight excluding hydrogens is 724 g/mol. The lowest BCUT2D eigenvalue weighted by Crippen LogP contribution is -2.37. The van der Waals surface area contributed by atoms with E-state index in [4.69, 9.17) is 0 Å². The summed E-state index contributed by atoms with van der Waals surface area (Å²) < 4.78 is 121. The summed E-state index contributed by atoms with van der Waals surface area (Å²) in [5.74, 6) is 0.708. The van der Waals surface area contributed by atoms with Crippen LogP contribution in [0.3, 0.4) is 0 Å². The molecule has 0 radical (unpaired) electrons. The summed E-state index contributed by atoms with van der Waals surface area (Å²) in [4.78, 5) is 5.56. The van der Waals surface area contributed by atoms with E-state index in [1.54, 1.807) is 12.1 Å². The van der Waals surface area contributed by atoms with Crippen LogP contribution in [0.15, 0.2) is 87.6 Å². The Morgan fingerprint density at radius 1 is 0.829 bits per heavy atom. The second-order valence-corrected chi connectivity index (χ2v) is 15.0. The highest BCUT2D eigenvalue weighted by atomic mass is 127. The minimum absolute atomic E-state index is 0.0217. The summed E-state index contributed by atoms with van der Waals surface area (Å²) in [6.45, 7) is 0.546. The number of sulfonamides is 2. The third kappa shape index (κ3) is 5.70. The fourth-order valence-corrected chi connectivity index (χ4v) is 9.12. The molecule has 0 spiro atoms. The van der Waals surface area contributed by atoms with Gasteiger partial charge in [0.1, 0.15) is 5.04 Å². The molecule has 216 valence electrons. The Hall–Kier alpha value is -2.70. The SMILES string of the molecule is O=S(=O)(c1cccc(C(F)(F)F)c1)N(c1cccc2cc(C3=NCCS3)[nH]c12)S(=O)(=O)c1cccc(C(F)(F)I)c1. The second-order valence-electron chi connectivity index (χ2n) is 8.72. The number of para-hydroxylation sites is 1. The van der Waals surface area contributed by atoms with Crippen LogP contribution in [0.2, 0.25) is 0 Å². The topological polar surface area (TPSA) is 99.7 Å². The van der Waals surface area contributed by atoms with Gasteiger partial charge in [-0.15, -0.1) is 11.8 Å². The number of alkyl halides is 6. The first kappa shape index (κ1) is 29.8. The molecule has 0 fully saturated rings. The van der Waals surface area contributed by atoms with Crippen LogP contribution in [0.1, 0.15) is 16.8 Å². The summed E-state index contributed by atoms with van der Waals surface area (Å²) in [6.07, 6.45) is -4.93. The Labute approximate surface area is 249 Å². The molecule has 1 aliphatic heterocycles. The van der Waals surface area contributed by atoms with E-state index < -0.39 is 56.8 Å². The molecule has 4 aromatic rings. The number of rotatable bonds is 7. The highest BCUT2D eigenvalue weighted by Crippen LogP contribution is 2.40. The van der Waals surface area contributed by atoms with Gasteiger partial charge in [0.25, 0.3) is 20.0 Å². The molecule has 1 aliphatic rings. The summed E-state index contributed by atoms with van der Waals surface area (Å²) in [5.41, 5.74) is -1.96. The molecule has 7 nitrogen and oxygen atoms in total. The Morgan fingerprint density at radius 3 is 1.98 bits per heavy atom. The van der Waals surface area contributed by atoms with Crippen LogP contribution in [0.4, 0.5) is 27.6 Å². The van der Waals surface area contributed by atoms with Gasteiger partial charge in [-0.3, -0.25) is 4.99 Å². The first-order chi connectivity index (χ1) is 19.1. The fraction of sp³-hybridized carbons (Fsp3) is 0.160. The fourth-order valence-electron chi connectivity index (χ4n) is 4.15. The van der Waals surface area contributed by atoms with Gasteiger partial charge in [0.2, 0.25) is 0 Å². The quantitative estimate of drug-likeness (QED) is 0.129. The Balaban J connectivity index is 1.78. The maximum absolute atomic E-state index is 14.1. The molecule has 0 saturated heterocycles. The van der Waals surface area contributed by atoms with Crippen molar-refractivity contribution >= 4 is 76.0 Å². The van der Waals surface area contributed by atoms with Crippen LogP contribution < -0.4 is 3.71 Å². The maximum Gasteiger partial charge on any atom is 0.416 e. The molecule has 5 rings (SSSR count). The van der Waals surface area contributed by atoms with E-state index in [0.717, 1.165) is 59.0 Å². The molecular formula is C25H17F5IN3O4S3. The van der Waals surface area contributed by atoms with Gasteiger partial charge in [-0.25, -0.2) is 16.8 Å². The zero-order valence-corrected chi connectivity index (χ0v) is 25.0. The molecule has 2 heterocycles. The molecule has 1 aromatic heterocycles. The predicted octanol–water partition coefficient (Wildman–Crippen LogP) is 6.75. The van der Waals surface area contributed by atoms with Crippen LogP contribution in [0.5, 0.6) is 0 Å². The highest BCUT2D eigenvalue weighted by molar-refractivity contribution is 14.1. The van der Waals surface area contributed by atoms with Crippen molar-refractivity contribution in [3.63, 3.8) is 0 Å². The van der Waals surface area contributed by atoms with E-state index in [9.17, 15) is 38.8 Å². The number of halogens is 6. The summed E-state index contributed by atoms with van der Waals surface area (Å²) in [7, 11) is -10.5. The van der Waals surface area contributed by atoms with Crippen molar-refractivity contribution in [2.24, 2.45) is 4.99 Å². The summed E-state index contributed by atoms with van der Waals surface area (Å²) >= 11 is 2.23. The molecule has 0 aliphatic carbocycles. The minimum atomic E-state index is -5.29. The third-order valence-corrected chi connectivity index (χ3v) is 11.8. The molecule has 0 unspecified atom stereocenters. The van der Waals surface area contributed by atoms with Gasteiger partial charge in [-0.1, -0.05) is 30.3 Å². The van der Waals surface area contributed by atoms with Crippen molar-refractivity contribution in [2.75, 3.05) is 16.0 Å². The first-order valence-electron chi connectivity index (χ1n) is 11.5. The van der Waals surface area contributed by atoms with Gasteiger partial charge < -0.3 is 4.98 Å². The lowest BCUT2D eigenvalue weighted by atomic mass is 10.2. The largest absolute Gasteiger partial charge is 0.416 e. The lowest BCUT2D eigenvalue weighted by molar-refractivity contribution is -0.137. The van der Waals surface area contributed by atoms with E-state index >= 15 is 0 Å². The number of H-pyrrole nitrogens is 1. The van der Waals surface area contributed by atoms with E-state index in [1.165, 1.54) is 17.8 Å². The molecule has 0 saturated carbocycles. The van der Waals surface area contributed by atoms with Gasteiger partial charge in [-0.05, 0) is 42.5 Å². The van der Waals surface area contributed by atoms with Gasteiger partial charge in [0, 0.05) is 45.8 Å². The van der Waals surface area contributed by atoms with E-state index in [0.29, 0.717) is 46.6 Å². The second kappa shape index (κ2) is 10.5. The van der Waals surface area contributed by atoms with Crippen LogP contribution in [0.25, 0.3) is 10.9 Å². The van der Waals surface area contributed by atoms with E-state index in [1.807, 2.05) is 0 Å². The van der Waals surface area contributed by atoms with Crippen LogP contribution in [0, 0.1) is 0 Å². The molecule has 0 bridgehead atoms. The molecule has 0 amide bonds. The minimum Gasteiger partial charge on any atom is -0.351 e. The van der Waals surface area contributed by atoms with Crippen LogP contribution in [-0.4, -0.2) is 39.2 Å². The number of nitrogens with zero attached hydrogens (tertiary/aromatic N) is 2. The van der Waals surface area contributed by atoms with Gasteiger partial charge >= 0.3 is 10.1 Å². The lowest BCUT2D eigenvalue weighted by Gasteiger charge is -2.25. The number of nitrogens with one attached hydrogen (secondary N) is 1. The van der Waals surface area contributed by atoms with Crippen LogP contribution in [-0.2, 0) is 30.2 Å². The molecule has 3 aromatic carbocycles. The van der Waals surface area contributed by atoms with Crippen molar-refractivity contribution in [2.45, 2.75) is 19.9 Å². The molecule has 0 atom stereocenters. The molecule has 41 heavy (non-hydrogen) atoms. The maximum atomic E-state index is 14.1. The zero-order chi connectivity index (χ0) is 29.8. The van der Waals surface area contributed by atoms with Gasteiger partial charge in [0.15, 0.2) is 0 Å². The van der Waals surface area contributed by atoms with E-state index in [-0.39, 0.29) is 9.23 Å². The van der Waals surface area contributed by atoms with Gasteiger partial charge in [0.05, 0.1) is 32.3 Å². The Kier molecular flexibility index (Phi) is 7.65. The van der Waals surface area contributed by atoms with Crippen molar-refractivity contribution in [1.29, 1.82) is 0 Å². The number of aliphatic imine (C=N–C) groups is 1. The first-order valence-corrected chi connectivity index (χ1v) is 16.5. The van der Waals surface area contributed by atoms with Crippen molar-refractivity contribution in [3.8, 4) is 0 Å². The molecule has 16 heteroatoms. The third-order valence-electron chi connectivity index (χ3n) is 6.00. The monoisotopic (exact) mass is 741 g/mol. The van der Waals surface area contributed by atoms with Crippen LogP contribution >= 0.6 is 34.4 Å². The Bertz CT molecular complexity index is 1820. The number of anilines is 1. The molecule has 1 N–H and O–H groups in total. The smallest absolute Gasteiger partial charge is 0.351 e. The van der Waals surface area contributed by atoms with E-state index in [2.05, 4.69) is 9.98 Å².